The molecule has 0 fully saturated rings. The number of rotatable bonds is 1. The lowest BCUT2D eigenvalue weighted by Crippen LogP contribution is -2.39. The maximum Gasteiger partial charge on any atom is 0.184 e. The summed E-state index contributed by atoms with van der Waals surface area (Å²) in [5.41, 5.74) is 0. The molecule has 0 spiro atoms. The third-order valence-corrected chi connectivity index (χ3v) is 2.12. The quantitative estimate of drug-likeness (QED) is 0.746. The first kappa shape index (κ1) is 8.66. The molecule has 1 aromatic carbocycles. The predicted molar refractivity (Wildman–Crippen MR) is 50.4 cm³/mol. The normalized spacial score (nSPS) is 20.0. The first-order valence-electron chi connectivity index (χ1n) is 4.06. The highest BCUT2D eigenvalue weighted by Gasteiger charge is 2.18. The van der Waals surface area contributed by atoms with Crippen molar-refractivity contribution in [3.8, 4) is 11.5 Å². The van der Waals surface area contributed by atoms with Gasteiger partial charge < -0.3 is 9.47 Å². The average molecular weight is 200 g/mol. The Morgan fingerprint density at radius 3 is 3.08 bits per heavy atom. The van der Waals surface area contributed by atoms with E-state index in [-0.39, 0.29) is 6.23 Å². The molecule has 1 aliphatic rings. The Balaban J connectivity index is 2.27. The van der Waals surface area contributed by atoms with Gasteiger partial charge in [-0.3, -0.25) is 5.32 Å². The van der Waals surface area contributed by atoms with E-state index >= 15 is 0 Å². The molecule has 1 atom stereocenters. The van der Waals surface area contributed by atoms with Gasteiger partial charge in [0.15, 0.2) is 17.7 Å². The molecular weight excluding hydrogens is 190 g/mol. The molecule has 2 rings (SSSR count). The van der Waals surface area contributed by atoms with Gasteiger partial charge in [0.1, 0.15) is 6.61 Å². The smallest absolute Gasteiger partial charge is 0.184 e. The molecule has 0 amide bonds. The Morgan fingerprint density at radius 1 is 1.46 bits per heavy atom. The number of benzene rings is 1. The average Bonchev–Trinajstić information content (AvgIpc) is 2.16. The first-order chi connectivity index (χ1) is 6.29. The maximum absolute atomic E-state index is 5.81. The van der Waals surface area contributed by atoms with Gasteiger partial charge in [0.05, 0.1) is 0 Å². The van der Waals surface area contributed by atoms with E-state index in [0.717, 1.165) is 5.75 Å². The van der Waals surface area contributed by atoms with Crippen molar-refractivity contribution >= 4 is 11.6 Å². The minimum absolute atomic E-state index is 0.0917. The van der Waals surface area contributed by atoms with Crippen molar-refractivity contribution < 1.29 is 9.47 Å². The molecule has 70 valence electrons. The van der Waals surface area contributed by atoms with E-state index in [4.69, 9.17) is 21.1 Å². The Bertz CT molecular complexity index is 316. The van der Waals surface area contributed by atoms with Crippen LogP contribution in [0.5, 0.6) is 11.5 Å². The van der Waals surface area contributed by atoms with Crippen molar-refractivity contribution in [1.82, 2.24) is 5.32 Å². The van der Waals surface area contributed by atoms with Crippen molar-refractivity contribution in [3.05, 3.63) is 23.2 Å². The van der Waals surface area contributed by atoms with Gasteiger partial charge in [-0.05, 0) is 19.2 Å². The second-order valence-corrected chi connectivity index (χ2v) is 3.23. The van der Waals surface area contributed by atoms with Gasteiger partial charge in [0.25, 0.3) is 0 Å². The van der Waals surface area contributed by atoms with Crippen LogP contribution in [0.2, 0.25) is 5.02 Å². The van der Waals surface area contributed by atoms with Gasteiger partial charge in [-0.15, -0.1) is 0 Å². The van der Waals surface area contributed by atoms with Crippen molar-refractivity contribution in [1.29, 1.82) is 0 Å². The van der Waals surface area contributed by atoms with Crippen LogP contribution in [0, 0.1) is 0 Å². The Hall–Kier alpha value is -0.930. The summed E-state index contributed by atoms with van der Waals surface area (Å²) in [5.74, 6) is 1.44. The molecule has 1 heterocycles. The molecule has 13 heavy (non-hydrogen) atoms. The topological polar surface area (TPSA) is 30.5 Å². The maximum atomic E-state index is 5.81. The third kappa shape index (κ3) is 1.71. The summed E-state index contributed by atoms with van der Waals surface area (Å²) in [6.45, 7) is 0.519. The fourth-order valence-electron chi connectivity index (χ4n) is 1.19. The predicted octanol–water partition coefficient (Wildman–Crippen LogP) is 1.66. The highest BCUT2D eigenvalue weighted by molar-refractivity contribution is 6.30. The molecule has 1 aliphatic heterocycles. The monoisotopic (exact) mass is 199 g/mol. The molecule has 0 aromatic heterocycles. The molecule has 1 unspecified atom stereocenters. The van der Waals surface area contributed by atoms with Gasteiger partial charge >= 0.3 is 0 Å². The van der Waals surface area contributed by atoms with Crippen LogP contribution >= 0.6 is 11.6 Å². The fraction of sp³-hybridized carbons (Fsp3) is 0.333. The van der Waals surface area contributed by atoms with E-state index in [9.17, 15) is 0 Å². The molecule has 3 nitrogen and oxygen atoms in total. The number of nitrogens with one attached hydrogen (secondary N) is 1. The summed E-state index contributed by atoms with van der Waals surface area (Å²) in [5, 5.41) is 3.63. The van der Waals surface area contributed by atoms with Crippen LogP contribution in [0.15, 0.2) is 18.2 Å². The molecule has 0 bridgehead atoms. The Labute approximate surface area is 81.6 Å². The minimum atomic E-state index is -0.0917. The molecule has 4 heteroatoms. The lowest BCUT2D eigenvalue weighted by atomic mass is 10.3. The summed E-state index contributed by atoms with van der Waals surface area (Å²) >= 11 is 5.81. The summed E-state index contributed by atoms with van der Waals surface area (Å²) in [6.07, 6.45) is -0.0917. The SMILES string of the molecule is CNC1COc2ccc(Cl)cc2O1. The van der Waals surface area contributed by atoms with Gasteiger partial charge in [-0.2, -0.15) is 0 Å². The largest absolute Gasteiger partial charge is 0.484 e. The number of hydrogen-bond acceptors (Lipinski definition) is 3. The molecule has 1 N–H and O–H groups in total. The second-order valence-electron chi connectivity index (χ2n) is 2.80. The van der Waals surface area contributed by atoms with E-state index < -0.39 is 0 Å². The van der Waals surface area contributed by atoms with Crippen molar-refractivity contribution in [2.75, 3.05) is 13.7 Å². The summed E-state index contributed by atoms with van der Waals surface area (Å²) in [4.78, 5) is 0. The number of halogens is 1. The zero-order valence-electron chi connectivity index (χ0n) is 7.21. The highest BCUT2D eigenvalue weighted by Crippen LogP contribution is 2.33. The van der Waals surface area contributed by atoms with Crippen LogP contribution in [0.1, 0.15) is 0 Å². The van der Waals surface area contributed by atoms with Gasteiger partial charge in [-0.25, -0.2) is 0 Å². The third-order valence-electron chi connectivity index (χ3n) is 1.89. The van der Waals surface area contributed by atoms with E-state index in [1.54, 1.807) is 12.1 Å². The van der Waals surface area contributed by atoms with Crippen LogP contribution < -0.4 is 14.8 Å². The van der Waals surface area contributed by atoms with E-state index in [2.05, 4.69) is 5.32 Å². The fourth-order valence-corrected chi connectivity index (χ4v) is 1.35. The van der Waals surface area contributed by atoms with Crippen molar-refractivity contribution in [2.24, 2.45) is 0 Å². The lowest BCUT2D eigenvalue weighted by Gasteiger charge is -2.25. The molecule has 0 radical (unpaired) electrons. The molecule has 0 saturated carbocycles. The van der Waals surface area contributed by atoms with Crippen LogP contribution in [-0.2, 0) is 0 Å². The molecule has 1 aromatic rings. The number of likely N-dealkylation sites (N-methyl/N-ethyl adjacent to an activating group) is 1. The Kier molecular flexibility index (Phi) is 2.29. The summed E-state index contributed by atoms with van der Waals surface area (Å²) in [7, 11) is 1.82. The van der Waals surface area contributed by atoms with Crippen molar-refractivity contribution in [2.45, 2.75) is 6.23 Å². The first-order valence-corrected chi connectivity index (χ1v) is 4.43. The van der Waals surface area contributed by atoms with E-state index in [1.807, 2.05) is 13.1 Å². The van der Waals surface area contributed by atoms with Crippen LogP contribution in [-0.4, -0.2) is 19.9 Å². The summed E-state index contributed by atoms with van der Waals surface area (Å²) in [6, 6.07) is 5.34. The van der Waals surface area contributed by atoms with E-state index in [1.165, 1.54) is 0 Å². The number of fused-ring (bicyclic) bond motifs is 1. The zero-order chi connectivity index (χ0) is 9.26. The van der Waals surface area contributed by atoms with Gasteiger partial charge in [0.2, 0.25) is 0 Å². The van der Waals surface area contributed by atoms with Gasteiger partial charge in [-0.1, -0.05) is 11.6 Å². The molecular formula is C9H10ClNO2. The number of hydrogen-bond donors (Lipinski definition) is 1. The van der Waals surface area contributed by atoms with Crippen LogP contribution in [0.25, 0.3) is 0 Å². The minimum Gasteiger partial charge on any atom is -0.484 e. The molecule has 0 saturated heterocycles. The van der Waals surface area contributed by atoms with Gasteiger partial charge in [0, 0.05) is 11.1 Å². The van der Waals surface area contributed by atoms with Crippen LogP contribution in [0.3, 0.4) is 0 Å². The second kappa shape index (κ2) is 3.44. The van der Waals surface area contributed by atoms with Crippen LogP contribution in [0.4, 0.5) is 0 Å². The molecule has 0 aliphatic carbocycles. The standard InChI is InChI=1S/C9H10ClNO2/c1-11-9-5-12-7-3-2-6(10)4-8(7)13-9/h2-4,9,11H,5H2,1H3. The zero-order valence-corrected chi connectivity index (χ0v) is 7.97. The highest BCUT2D eigenvalue weighted by atomic mass is 35.5. The van der Waals surface area contributed by atoms with E-state index in [0.29, 0.717) is 17.4 Å². The Morgan fingerprint density at radius 2 is 2.31 bits per heavy atom. The summed E-state index contributed by atoms with van der Waals surface area (Å²) < 4.78 is 11.0. The van der Waals surface area contributed by atoms with Crippen molar-refractivity contribution in [3.63, 3.8) is 0 Å². The number of ether oxygens (including phenoxy) is 2. The lowest BCUT2D eigenvalue weighted by molar-refractivity contribution is 0.0726.